The van der Waals surface area contributed by atoms with Crippen LogP contribution in [0, 0.1) is 6.92 Å². The maximum absolute atomic E-state index is 5.51. The Morgan fingerprint density at radius 3 is 2.50 bits per heavy atom. The summed E-state index contributed by atoms with van der Waals surface area (Å²) in [5.74, 6) is 1.58. The lowest BCUT2D eigenvalue weighted by Crippen LogP contribution is -1.97. The number of hydrogen-bond acceptors (Lipinski definition) is 1. The highest BCUT2D eigenvalue weighted by Crippen LogP contribution is 2.11. The number of hydrogen-bond donors (Lipinski definition) is 0. The first-order valence-electron chi connectivity index (χ1n) is 4.08. The molecule has 0 amide bonds. The summed E-state index contributed by atoms with van der Waals surface area (Å²) in [6.07, 6.45) is 0.898. The van der Waals surface area contributed by atoms with Crippen molar-refractivity contribution in [3.8, 4) is 5.75 Å². The molecule has 0 radical (unpaired) electrons. The van der Waals surface area contributed by atoms with E-state index in [1.54, 1.807) is 0 Å². The van der Waals surface area contributed by atoms with Gasteiger partial charge < -0.3 is 4.74 Å². The summed E-state index contributed by atoms with van der Waals surface area (Å²) in [5.41, 5.74) is 1.25. The number of alkyl halides is 1. The second-order valence-corrected chi connectivity index (χ2v) is 3.08. The molecule has 0 heterocycles. The van der Waals surface area contributed by atoms with Gasteiger partial charge in [0, 0.05) is 5.88 Å². The van der Waals surface area contributed by atoms with Crippen molar-refractivity contribution in [3.63, 3.8) is 0 Å². The third kappa shape index (κ3) is 3.14. The molecule has 1 aromatic carbocycles. The third-order valence-corrected chi connectivity index (χ3v) is 1.83. The van der Waals surface area contributed by atoms with Crippen molar-refractivity contribution >= 4 is 11.6 Å². The molecule has 2 heteroatoms. The van der Waals surface area contributed by atoms with Gasteiger partial charge in [0.1, 0.15) is 5.75 Å². The zero-order valence-electron chi connectivity index (χ0n) is 7.22. The standard InChI is InChI=1S/C10H13ClO/c1-9-3-5-10(6-4-9)12-8-2-7-11/h3-6H,2,7-8H2,1H3. The van der Waals surface area contributed by atoms with Crippen LogP contribution in [0.2, 0.25) is 0 Å². The highest BCUT2D eigenvalue weighted by Gasteiger charge is 1.91. The van der Waals surface area contributed by atoms with E-state index in [0.29, 0.717) is 12.5 Å². The third-order valence-electron chi connectivity index (χ3n) is 1.57. The molecule has 0 N–H and O–H groups in total. The van der Waals surface area contributed by atoms with Crippen LogP contribution in [-0.4, -0.2) is 12.5 Å². The Bertz CT molecular complexity index is 218. The Morgan fingerprint density at radius 1 is 1.25 bits per heavy atom. The number of benzene rings is 1. The van der Waals surface area contributed by atoms with Gasteiger partial charge in [0.25, 0.3) is 0 Å². The first kappa shape index (κ1) is 9.40. The Balaban J connectivity index is 2.37. The van der Waals surface area contributed by atoms with Gasteiger partial charge in [0.05, 0.1) is 6.61 Å². The molecule has 12 heavy (non-hydrogen) atoms. The molecular formula is C10H13ClO. The molecule has 1 rings (SSSR count). The van der Waals surface area contributed by atoms with E-state index in [9.17, 15) is 0 Å². The van der Waals surface area contributed by atoms with Crippen LogP contribution in [0.15, 0.2) is 24.3 Å². The van der Waals surface area contributed by atoms with Crippen molar-refractivity contribution < 1.29 is 4.74 Å². The first-order chi connectivity index (χ1) is 5.83. The summed E-state index contributed by atoms with van der Waals surface area (Å²) < 4.78 is 5.42. The Kier molecular flexibility index (Phi) is 3.95. The molecule has 0 spiro atoms. The average molecular weight is 185 g/mol. The van der Waals surface area contributed by atoms with E-state index < -0.39 is 0 Å². The van der Waals surface area contributed by atoms with Crippen LogP contribution < -0.4 is 4.74 Å². The summed E-state index contributed by atoms with van der Waals surface area (Å²) in [6.45, 7) is 2.76. The van der Waals surface area contributed by atoms with E-state index in [-0.39, 0.29) is 0 Å². The SMILES string of the molecule is Cc1ccc(OCCCCl)cc1. The number of rotatable bonds is 4. The Morgan fingerprint density at radius 2 is 1.92 bits per heavy atom. The molecule has 1 aromatic rings. The maximum atomic E-state index is 5.51. The van der Waals surface area contributed by atoms with Gasteiger partial charge in [0.15, 0.2) is 0 Å². The molecular weight excluding hydrogens is 172 g/mol. The Labute approximate surface area is 78.3 Å². The lowest BCUT2D eigenvalue weighted by Gasteiger charge is -2.04. The molecule has 0 saturated carbocycles. The summed E-state index contributed by atoms with van der Waals surface area (Å²) in [5, 5.41) is 0. The van der Waals surface area contributed by atoms with Gasteiger partial charge in [-0.3, -0.25) is 0 Å². The van der Waals surface area contributed by atoms with E-state index in [1.165, 1.54) is 5.56 Å². The smallest absolute Gasteiger partial charge is 0.119 e. The molecule has 66 valence electrons. The van der Waals surface area contributed by atoms with Crippen LogP contribution in [0.5, 0.6) is 5.75 Å². The summed E-state index contributed by atoms with van der Waals surface area (Å²) in [7, 11) is 0. The fourth-order valence-electron chi connectivity index (χ4n) is 0.879. The molecule has 0 fully saturated rings. The van der Waals surface area contributed by atoms with Crippen molar-refractivity contribution in [2.24, 2.45) is 0 Å². The molecule has 0 aliphatic carbocycles. The monoisotopic (exact) mass is 184 g/mol. The average Bonchev–Trinajstić information content (AvgIpc) is 2.09. The number of aryl methyl sites for hydroxylation is 1. The van der Waals surface area contributed by atoms with Gasteiger partial charge in [-0.15, -0.1) is 11.6 Å². The van der Waals surface area contributed by atoms with Gasteiger partial charge >= 0.3 is 0 Å². The zero-order chi connectivity index (χ0) is 8.81. The summed E-state index contributed by atoms with van der Waals surface area (Å²) >= 11 is 5.51. The minimum atomic E-state index is 0.659. The minimum absolute atomic E-state index is 0.659. The quantitative estimate of drug-likeness (QED) is 0.517. The van der Waals surface area contributed by atoms with Crippen LogP contribution in [0.4, 0.5) is 0 Å². The zero-order valence-corrected chi connectivity index (χ0v) is 7.97. The van der Waals surface area contributed by atoms with E-state index in [4.69, 9.17) is 16.3 Å². The van der Waals surface area contributed by atoms with Crippen molar-refractivity contribution in [1.29, 1.82) is 0 Å². The fraction of sp³-hybridized carbons (Fsp3) is 0.400. The molecule has 0 aliphatic heterocycles. The molecule has 0 bridgehead atoms. The molecule has 0 aliphatic rings. The van der Waals surface area contributed by atoms with Crippen molar-refractivity contribution in [3.05, 3.63) is 29.8 Å². The van der Waals surface area contributed by atoms with E-state index in [1.807, 2.05) is 24.3 Å². The first-order valence-corrected chi connectivity index (χ1v) is 4.62. The fourth-order valence-corrected chi connectivity index (χ4v) is 0.988. The second-order valence-electron chi connectivity index (χ2n) is 2.70. The van der Waals surface area contributed by atoms with Crippen LogP contribution in [0.25, 0.3) is 0 Å². The summed E-state index contributed by atoms with van der Waals surface area (Å²) in [4.78, 5) is 0. The highest BCUT2D eigenvalue weighted by molar-refractivity contribution is 6.17. The molecule has 0 aromatic heterocycles. The molecule has 0 saturated heterocycles. The van der Waals surface area contributed by atoms with Crippen LogP contribution in [0.1, 0.15) is 12.0 Å². The van der Waals surface area contributed by atoms with E-state index in [0.717, 1.165) is 12.2 Å². The van der Waals surface area contributed by atoms with Crippen LogP contribution in [0.3, 0.4) is 0 Å². The molecule has 1 nitrogen and oxygen atoms in total. The Hall–Kier alpha value is -0.690. The van der Waals surface area contributed by atoms with Gasteiger partial charge in [-0.2, -0.15) is 0 Å². The lowest BCUT2D eigenvalue weighted by molar-refractivity contribution is 0.318. The normalized spacial score (nSPS) is 9.83. The predicted octanol–water partition coefficient (Wildman–Crippen LogP) is 3.00. The minimum Gasteiger partial charge on any atom is -0.494 e. The van der Waals surface area contributed by atoms with Gasteiger partial charge in [-0.05, 0) is 25.5 Å². The summed E-state index contributed by atoms with van der Waals surface area (Å²) in [6, 6.07) is 8.03. The number of halogens is 1. The second kappa shape index (κ2) is 5.04. The van der Waals surface area contributed by atoms with Crippen LogP contribution >= 0.6 is 11.6 Å². The largest absolute Gasteiger partial charge is 0.494 e. The molecule has 0 unspecified atom stereocenters. The van der Waals surface area contributed by atoms with Crippen molar-refractivity contribution in [2.75, 3.05) is 12.5 Å². The van der Waals surface area contributed by atoms with Crippen molar-refractivity contribution in [2.45, 2.75) is 13.3 Å². The maximum Gasteiger partial charge on any atom is 0.119 e. The van der Waals surface area contributed by atoms with Crippen molar-refractivity contribution in [1.82, 2.24) is 0 Å². The van der Waals surface area contributed by atoms with E-state index >= 15 is 0 Å². The molecule has 0 atom stereocenters. The van der Waals surface area contributed by atoms with Gasteiger partial charge in [-0.25, -0.2) is 0 Å². The van der Waals surface area contributed by atoms with Gasteiger partial charge in [0.2, 0.25) is 0 Å². The highest BCUT2D eigenvalue weighted by atomic mass is 35.5. The predicted molar refractivity (Wildman–Crippen MR) is 52.0 cm³/mol. The van der Waals surface area contributed by atoms with Gasteiger partial charge in [-0.1, -0.05) is 17.7 Å². The topological polar surface area (TPSA) is 9.23 Å². The lowest BCUT2D eigenvalue weighted by atomic mass is 10.2. The van der Waals surface area contributed by atoms with E-state index in [2.05, 4.69) is 6.92 Å². The number of ether oxygens (including phenoxy) is 1. The van der Waals surface area contributed by atoms with Crippen LogP contribution in [-0.2, 0) is 0 Å².